The highest BCUT2D eigenvalue weighted by Gasteiger charge is 2.40. The van der Waals surface area contributed by atoms with Crippen LogP contribution < -0.4 is 9.64 Å². The molecule has 10 aromatic rings. The molecule has 71 heavy (non-hydrogen) atoms. The lowest BCUT2D eigenvalue weighted by Gasteiger charge is -2.26. The van der Waals surface area contributed by atoms with Gasteiger partial charge in [-0.3, -0.25) is 0 Å². The number of thiophene rings is 1. The summed E-state index contributed by atoms with van der Waals surface area (Å²) in [6.45, 7) is 8.30. The van der Waals surface area contributed by atoms with E-state index in [9.17, 15) is 10.1 Å². The van der Waals surface area contributed by atoms with E-state index in [-0.39, 0.29) is 26.2 Å². The van der Waals surface area contributed by atoms with Crippen LogP contribution in [0.15, 0.2) is 206 Å². The Morgan fingerprint density at radius 1 is 0.648 bits per heavy atom. The zero-order chi connectivity index (χ0) is 47.3. The minimum Gasteiger partial charge on any atom is -0.425 e. The second-order valence-corrected chi connectivity index (χ2v) is 20.0. The van der Waals surface area contributed by atoms with Crippen LogP contribution in [-0.4, -0.2) is 10.5 Å². The zero-order valence-electron chi connectivity index (χ0n) is 39.2. The molecule has 2 aromatic heterocycles. The number of hydrogen-bond acceptors (Lipinski definition) is 5. The fourth-order valence-corrected chi connectivity index (χ4v) is 11.5. The SMILES string of the molecule is C.C.CCC(CC(C)(C#N)C(=O)Oc1ccc2c(c1)C(C)(C)c1cc(-c3ccc(-n4c5ccccc5c5ccccc54)cc3)ccc1-2)c1ccc(-c2ccc(N(c3ccccc3)c3ccccc3)s2)cc1. The van der Waals surface area contributed by atoms with Crippen molar-refractivity contribution in [1.29, 1.82) is 5.26 Å². The molecule has 352 valence electrons. The van der Waals surface area contributed by atoms with Gasteiger partial charge in [-0.25, -0.2) is 4.79 Å². The van der Waals surface area contributed by atoms with Crippen molar-refractivity contribution in [3.8, 4) is 50.2 Å². The molecule has 11 rings (SSSR count). The lowest BCUT2D eigenvalue weighted by atomic mass is 9.78. The number of anilines is 3. The van der Waals surface area contributed by atoms with Crippen molar-refractivity contribution in [3.63, 3.8) is 0 Å². The molecule has 2 atom stereocenters. The zero-order valence-corrected chi connectivity index (χ0v) is 40.0. The first kappa shape index (κ1) is 48.1. The van der Waals surface area contributed by atoms with E-state index in [0.29, 0.717) is 12.2 Å². The van der Waals surface area contributed by atoms with Crippen LogP contribution >= 0.6 is 11.3 Å². The number of esters is 1. The van der Waals surface area contributed by atoms with E-state index < -0.39 is 11.4 Å². The summed E-state index contributed by atoms with van der Waals surface area (Å²) in [5.41, 5.74) is 13.1. The second-order valence-electron chi connectivity index (χ2n) is 18.9. The topological polar surface area (TPSA) is 58.3 Å². The summed E-state index contributed by atoms with van der Waals surface area (Å²) in [4.78, 5) is 17.6. The molecule has 2 heterocycles. The van der Waals surface area contributed by atoms with E-state index in [2.05, 4.69) is 218 Å². The normalized spacial score (nSPS) is 13.5. The number of nitrogens with zero attached hydrogens (tertiary/aromatic N) is 3. The number of benzene rings is 8. The summed E-state index contributed by atoms with van der Waals surface area (Å²) in [6, 6.07) is 74.9. The Labute approximate surface area is 422 Å². The minimum atomic E-state index is -1.36. The van der Waals surface area contributed by atoms with Crippen LogP contribution in [0.5, 0.6) is 5.75 Å². The number of carbonyl (C=O) groups is 1. The maximum absolute atomic E-state index is 14.1. The number of fused-ring (bicyclic) bond motifs is 6. The first-order valence-corrected chi connectivity index (χ1v) is 24.6. The lowest BCUT2D eigenvalue weighted by Crippen LogP contribution is -2.32. The number of ether oxygens (including phenoxy) is 1. The van der Waals surface area contributed by atoms with Gasteiger partial charge < -0.3 is 14.2 Å². The van der Waals surface area contributed by atoms with Crippen LogP contribution in [-0.2, 0) is 10.2 Å². The highest BCUT2D eigenvalue weighted by Crippen LogP contribution is 2.51. The Balaban J connectivity index is 0.00000312. The molecule has 0 N–H and O–H groups in total. The summed E-state index contributed by atoms with van der Waals surface area (Å²) in [7, 11) is 0. The highest BCUT2D eigenvalue weighted by atomic mass is 32.1. The molecule has 1 aliphatic carbocycles. The molecule has 6 heteroatoms. The van der Waals surface area contributed by atoms with Crippen LogP contribution in [0.1, 0.15) is 78.0 Å². The van der Waals surface area contributed by atoms with Crippen molar-refractivity contribution >= 4 is 55.5 Å². The number of nitriles is 1. The molecule has 0 saturated carbocycles. The molecule has 0 spiro atoms. The highest BCUT2D eigenvalue weighted by molar-refractivity contribution is 7.19. The van der Waals surface area contributed by atoms with Gasteiger partial charge in [-0.2, -0.15) is 5.26 Å². The Morgan fingerprint density at radius 3 is 1.77 bits per heavy atom. The van der Waals surface area contributed by atoms with E-state index in [1.165, 1.54) is 32.9 Å². The van der Waals surface area contributed by atoms with Gasteiger partial charge >= 0.3 is 5.97 Å². The van der Waals surface area contributed by atoms with Crippen LogP contribution in [0.25, 0.3) is 60.2 Å². The third-order valence-corrected chi connectivity index (χ3v) is 15.4. The summed E-state index contributed by atoms with van der Waals surface area (Å²) in [5, 5.41) is 14.2. The van der Waals surface area contributed by atoms with Crippen molar-refractivity contribution in [2.75, 3.05) is 4.90 Å². The number of para-hydroxylation sites is 4. The third kappa shape index (κ3) is 8.62. The molecule has 0 bridgehead atoms. The van der Waals surface area contributed by atoms with Crippen molar-refractivity contribution in [3.05, 3.63) is 223 Å². The summed E-state index contributed by atoms with van der Waals surface area (Å²) < 4.78 is 8.50. The first-order valence-electron chi connectivity index (χ1n) is 23.8. The smallest absolute Gasteiger partial charge is 0.331 e. The third-order valence-electron chi connectivity index (χ3n) is 14.2. The minimum absolute atomic E-state index is 0. The predicted molar refractivity (Wildman–Crippen MR) is 299 cm³/mol. The Hall–Kier alpha value is -7.98. The number of rotatable bonds is 12. The Kier molecular flexibility index (Phi) is 13.2. The molecule has 2 unspecified atom stereocenters. The van der Waals surface area contributed by atoms with Crippen LogP contribution in [0.3, 0.4) is 0 Å². The van der Waals surface area contributed by atoms with Crippen molar-refractivity contribution in [2.24, 2.45) is 5.41 Å². The summed E-state index contributed by atoms with van der Waals surface area (Å²) in [6.07, 6.45) is 1.11. The van der Waals surface area contributed by atoms with Gasteiger partial charge in [0.1, 0.15) is 10.8 Å². The van der Waals surface area contributed by atoms with Crippen LogP contribution in [0.2, 0.25) is 0 Å². The Morgan fingerprint density at radius 2 is 1.18 bits per heavy atom. The van der Waals surface area contributed by atoms with Gasteiger partial charge in [0, 0.05) is 38.1 Å². The van der Waals surface area contributed by atoms with E-state index >= 15 is 0 Å². The van der Waals surface area contributed by atoms with Crippen LogP contribution in [0.4, 0.5) is 16.4 Å². The van der Waals surface area contributed by atoms with Gasteiger partial charge in [0.25, 0.3) is 0 Å². The molecular formula is C65H59N3O2S. The lowest BCUT2D eigenvalue weighted by molar-refractivity contribution is -0.142. The first-order chi connectivity index (χ1) is 33.6. The molecule has 8 aromatic carbocycles. The maximum Gasteiger partial charge on any atom is 0.331 e. The van der Waals surface area contributed by atoms with E-state index in [1.54, 1.807) is 18.3 Å². The second kappa shape index (κ2) is 19.4. The molecule has 0 radical (unpaired) electrons. The van der Waals surface area contributed by atoms with E-state index in [0.717, 1.165) is 66.7 Å². The van der Waals surface area contributed by atoms with Crippen molar-refractivity contribution < 1.29 is 9.53 Å². The van der Waals surface area contributed by atoms with Gasteiger partial charge in [-0.15, -0.1) is 11.3 Å². The van der Waals surface area contributed by atoms with Gasteiger partial charge in [0.15, 0.2) is 5.41 Å². The fraction of sp³-hybridized carbons (Fsp3) is 0.169. The van der Waals surface area contributed by atoms with E-state index in [1.807, 2.05) is 24.3 Å². The summed E-state index contributed by atoms with van der Waals surface area (Å²) >= 11 is 1.75. The van der Waals surface area contributed by atoms with Gasteiger partial charge in [0.05, 0.1) is 17.1 Å². The van der Waals surface area contributed by atoms with Gasteiger partial charge in [0.2, 0.25) is 0 Å². The van der Waals surface area contributed by atoms with Gasteiger partial charge in [-0.1, -0.05) is 163 Å². The largest absolute Gasteiger partial charge is 0.425 e. The molecule has 1 aliphatic rings. The molecule has 0 aliphatic heterocycles. The summed E-state index contributed by atoms with van der Waals surface area (Å²) in [5.74, 6) is -0.102. The monoisotopic (exact) mass is 945 g/mol. The average Bonchev–Trinajstić information content (AvgIpc) is 4.07. The van der Waals surface area contributed by atoms with E-state index in [4.69, 9.17) is 4.74 Å². The molecule has 0 fully saturated rings. The molecule has 5 nitrogen and oxygen atoms in total. The number of hydrogen-bond donors (Lipinski definition) is 0. The van der Waals surface area contributed by atoms with Crippen molar-refractivity contribution in [2.45, 2.75) is 66.7 Å². The molecule has 0 amide bonds. The molecular weight excluding hydrogens is 887 g/mol. The standard InChI is InChI=1S/C63H51N3O2S.2CH4/c1-5-42(43-24-26-45(27-25-43)59-36-37-60(69-59)65(47-16-8-6-9-17-47)48-18-10-7-11-19-48)40-63(4,41-64)61(67)68-50-33-35-52-51-34-30-46(38-55(51)62(2,3)56(52)39-50)44-28-31-49(32-29-44)66-57-22-14-12-20-53(57)54-21-13-15-23-58(54)66;;/h6-39,42H,5,40H2,1-4H3;2*1H4. The number of carbonyl (C=O) groups excluding carboxylic acids is 1. The quantitative estimate of drug-likeness (QED) is 0.0904. The van der Waals surface area contributed by atoms with Gasteiger partial charge in [-0.05, 0) is 149 Å². The predicted octanol–water partition coefficient (Wildman–Crippen LogP) is 18.2. The molecule has 0 saturated heterocycles. The fourth-order valence-electron chi connectivity index (χ4n) is 10.4. The van der Waals surface area contributed by atoms with Crippen LogP contribution in [0, 0.1) is 16.7 Å². The Bertz CT molecular complexity index is 3470. The maximum atomic E-state index is 14.1. The average molecular weight is 946 g/mol. The number of aromatic nitrogens is 1. The van der Waals surface area contributed by atoms with Crippen molar-refractivity contribution in [1.82, 2.24) is 4.57 Å².